The number of carboxylic acid groups (broad SMARTS) is 4. The summed E-state index contributed by atoms with van der Waals surface area (Å²) in [6.07, 6.45) is 1.39. The highest BCUT2D eigenvalue weighted by Crippen LogP contribution is 2.17. The summed E-state index contributed by atoms with van der Waals surface area (Å²) in [5.41, 5.74) is 1.53. The minimum Gasteiger partial charge on any atom is -0.480 e. The number of carboxylic acids is 4. The average molecular weight is 580 g/mol. The molecule has 13 nitrogen and oxygen atoms in total. The molecular formula is C26H37N5O8S. The van der Waals surface area contributed by atoms with Gasteiger partial charge in [0.1, 0.15) is 0 Å². The molecule has 1 aliphatic rings. The van der Waals surface area contributed by atoms with Crippen molar-refractivity contribution in [3.05, 3.63) is 29.8 Å². The van der Waals surface area contributed by atoms with Gasteiger partial charge in [0.05, 0.1) is 37.0 Å². The normalized spacial score (nSPS) is 19.2. The van der Waals surface area contributed by atoms with Crippen LogP contribution < -0.4 is 0 Å². The molecule has 0 aromatic heterocycles. The van der Waals surface area contributed by atoms with Crippen molar-refractivity contribution in [3.63, 3.8) is 0 Å². The van der Waals surface area contributed by atoms with E-state index in [1.807, 2.05) is 17.0 Å². The summed E-state index contributed by atoms with van der Waals surface area (Å²) in [4.78, 5) is 57.3. The number of hydrogen-bond donors (Lipinski definition) is 4. The molecule has 220 valence electrons. The van der Waals surface area contributed by atoms with E-state index < -0.39 is 23.9 Å². The van der Waals surface area contributed by atoms with E-state index in [1.165, 1.54) is 0 Å². The number of aliphatic imine (C=N–C) groups is 1. The lowest BCUT2D eigenvalue weighted by molar-refractivity contribution is -0.141. The summed E-state index contributed by atoms with van der Waals surface area (Å²) >= 11 is 4.65. The highest BCUT2D eigenvalue weighted by atomic mass is 32.1. The molecule has 1 atom stereocenters. The number of thiocarbonyl (C=S) groups is 1. The Bertz CT molecular complexity index is 1050. The van der Waals surface area contributed by atoms with Crippen molar-refractivity contribution >= 4 is 46.9 Å². The summed E-state index contributed by atoms with van der Waals surface area (Å²) < 4.78 is 0. The van der Waals surface area contributed by atoms with Crippen LogP contribution in [-0.2, 0) is 25.6 Å². The molecule has 1 aromatic rings. The van der Waals surface area contributed by atoms with Crippen LogP contribution in [-0.4, -0.2) is 147 Å². The van der Waals surface area contributed by atoms with Crippen molar-refractivity contribution in [2.75, 3.05) is 72.0 Å². The second kappa shape index (κ2) is 17.4. The first-order valence-electron chi connectivity index (χ1n) is 13.0. The predicted molar refractivity (Wildman–Crippen MR) is 149 cm³/mol. The lowest BCUT2D eigenvalue weighted by Crippen LogP contribution is -2.50. The monoisotopic (exact) mass is 579 g/mol. The highest BCUT2D eigenvalue weighted by molar-refractivity contribution is 7.78. The van der Waals surface area contributed by atoms with Crippen molar-refractivity contribution in [1.29, 1.82) is 0 Å². The van der Waals surface area contributed by atoms with Gasteiger partial charge in [-0.3, -0.25) is 38.8 Å². The van der Waals surface area contributed by atoms with Crippen LogP contribution in [0.1, 0.15) is 18.4 Å². The molecule has 1 unspecified atom stereocenters. The molecule has 0 spiro atoms. The van der Waals surface area contributed by atoms with Crippen LogP contribution in [0.4, 0.5) is 5.69 Å². The Labute approximate surface area is 238 Å². The molecule has 40 heavy (non-hydrogen) atoms. The Morgan fingerprint density at radius 2 is 1.20 bits per heavy atom. The molecule has 4 N–H and O–H groups in total. The average Bonchev–Trinajstić information content (AvgIpc) is 2.85. The molecule has 2 rings (SSSR count). The van der Waals surface area contributed by atoms with Gasteiger partial charge in [0.2, 0.25) is 0 Å². The lowest BCUT2D eigenvalue weighted by Gasteiger charge is -2.36. The number of isothiocyanates is 1. The van der Waals surface area contributed by atoms with Crippen molar-refractivity contribution in [2.45, 2.75) is 25.3 Å². The van der Waals surface area contributed by atoms with E-state index >= 15 is 0 Å². The Morgan fingerprint density at radius 1 is 0.725 bits per heavy atom. The van der Waals surface area contributed by atoms with Crippen molar-refractivity contribution in [1.82, 2.24) is 19.6 Å². The zero-order chi connectivity index (χ0) is 29.5. The molecule has 0 aliphatic carbocycles. The van der Waals surface area contributed by atoms with Crippen molar-refractivity contribution in [2.24, 2.45) is 4.99 Å². The van der Waals surface area contributed by atoms with Gasteiger partial charge in [0.25, 0.3) is 0 Å². The van der Waals surface area contributed by atoms with Gasteiger partial charge in [-0.15, -0.1) is 0 Å². The van der Waals surface area contributed by atoms with Gasteiger partial charge in [0, 0.05) is 51.9 Å². The first-order chi connectivity index (χ1) is 19.0. The van der Waals surface area contributed by atoms with Crippen LogP contribution in [0.25, 0.3) is 0 Å². The van der Waals surface area contributed by atoms with Crippen LogP contribution in [0.2, 0.25) is 0 Å². The van der Waals surface area contributed by atoms with Gasteiger partial charge in [-0.1, -0.05) is 12.1 Å². The van der Waals surface area contributed by atoms with E-state index in [4.69, 9.17) is 0 Å². The largest absolute Gasteiger partial charge is 0.480 e. The van der Waals surface area contributed by atoms with Crippen LogP contribution >= 0.6 is 12.2 Å². The van der Waals surface area contributed by atoms with Gasteiger partial charge in [-0.05, 0) is 49.2 Å². The Morgan fingerprint density at radius 3 is 1.70 bits per heavy atom. The molecule has 1 heterocycles. The van der Waals surface area contributed by atoms with Crippen LogP contribution in [0, 0.1) is 0 Å². The molecule has 1 aromatic carbocycles. The fourth-order valence-electron chi connectivity index (χ4n) is 4.85. The van der Waals surface area contributed by atoms with E-state index in [9.17, 15) is 39.6 Å². The van der Waals surface area contributed by atoms with Gasteiger partial charge in [-0.2, -0.15) is 4.99 Å². The lowest BCUT2D eigenvalue weighted by atomic mass is 10.0. The Balaban J connectivity index is 2.37. The van der Waals surface area contributed by atoms with Gasteiger partial charge in [0.15, 0.2) is 0 Å². The quantitative estimate of drug-likeness (QED) is 0.213. The minimum absolute atomic E-state index is 0.210. The van der Waals surface area contributed by atoms with E-state index in [2.05, 4.69) is 22.4 Å². The standard InChI is InChI=1S/C26H37N5O8S/c32-23(33)15-28-7-1-9-30(17-25(36)37)14-22(13-20-3-5-21(6-4-20)27-19-40)31(18-26(38)39)10-2-8-29(12-11-28)16-24(34)35/h3-6,22H,1-2,7-18H2,(H,32,33)(H,34,35)(H,36,37)(H,38,39). The fraction of sp³-hybridized carbons (Fsp3) is 0.577. The smallest absolute Gasteiger partial charge is 0.317 e. The molecule has 0 bridgehead atoms. The summed E-state index contributed by atoms with van der Waals surface area (Å²) in [6, 6.07) is 6.90. The van der Waals surface area contributed by atoms with Gasteiger partial charge < -0.3 is 20.4 Å². The zero-order valence-electron chi connectivity index (χ0n) is 22.4. The first kappa shape index (κ1) is 32.9. The summed E-state index contributed by atoms with van der Waals surface area (Å²) in [5.74, 6) is -4.04. The van der Waals surface area contributed by atoms with Crippen molar-refractivity contribution in [3.8, 4) is 0 Å². The second-order valence-corrected chi connectivity index (χ2v) is 9.95. The first-order valence-corrected chi connectivity index (χ1v) is 13.4. The zero-order valence-corrected chi connectivity index (χ0v) is 23.2. The number of carbonyl (C=O) groups is 4. The van der Waals surface area contributed by atoms with Gasteiger partial charge in [-0.25, -0.2) is 0 Å². The van der Waals surface area contributed by atoms with Crippen molar-refractivity contribution < 1.29 is 39.6 Å². The number of aliphatic carboxylic acids is 4. The summed E-state index contributed by atoms with van der Waals surface area (Å²) in [7, 11) is 0. The molecule has 0 saturated carbocycles. The molecule has 1 saturated heterocycles. The van der Waals surface area contributed by atoms with Gasteiger partial charge >= 0.3 is 23.9 Å². The number of hydrogen-bond acceptors (Lipinski definition) is 10. The summed E-state index contributed by atoms with van der Waals surface area (Å²) in [5, 5.41) is 40.3. The third kappa shape index (κ3) is 13.2. The highest BCUT2D eigenvalue weighted by Gasteiger charge is 2.26. The third-order valence-electron chi connectivity index (χ3n) is 6.58. The predicted octanol–water partition coefficient (Wildman–Crippen LogP) is 0.672. The number of benzene rings is 1. The topological polar surface area (TPSA) is 175 Å². The molecule has 1 fully saturated rings. The van der Waals surface area contributed by atoms with E-state index in [0.717, 1.165) is 5.56 Å². The van der Waals surface area contributed by atoms with Crippen LogP contribution in [0.15, 0.2) is 29.3 Å². The van der Waals surface area contributed by atoms with E-state index in [0.29, 0.717) is 64.2 Å². The van der Waals surface area contributed by atoms with Crippen LogP contribution in [0.5, 0.6) is 0 Å². The van der Waals surface area contributed by atoms with E-state index in [-0.39, 0.29) is 38.8 Å². The molecule has 14 heteroatoms. The van der Waals surface area contributed by atoms with E-state index in [1.54, 1.807) is 26.8 Å². The molecule has 0 amide bonds. The fourth-order valence-corrected chi connectivity index (χ4v) is 4.96. The maximum Gasteiger partial charge on any atom is 0.317 e. The molecule has 1 aliphatic heterocycles. The maximum absolute atomic E-state index is 11.8. The third-order valence-corrected chi connectivity index (χ3v) is 6.67. The molecule has 0 radical (unpaired) electrons. The maximum atomic E-state index is 11.8. The van der Waals surface area contributed by atoms with Crippen LogP contribution in [0.3, 0.4) is 0 Å². The minimum atomic E-state index is -1.02. The Hall–Kier alpha value is -3.26. The second-order valence-electron chi connectivity index (χ2n) is 9.77. The SMILES string of the molecule is O=C(O)CN1CCCN(CC(=O)O)CC(Cc2ccc(N=C=S)cc2)N(CC(=O)O)CCCN(CC(=O)O)CC1. The Kier molecular flexibility index (Phi) is 14.4. The number of nitrogens with zero attached hydrogens (tertiary/aromatic N) is 5. The number of rotatable bonds is 11. The summed E-state index contributed by atoms with van der Waals surface area (Å²) in [6.45, 7) is 1.48. The molecular weight excluding hydrogens is 542 g/mol.